The van der Waals surface area contributed by atoms with Crippen molar-refractivity contribution in [1.82, 2.24) is 9.78 Å². The van der Waals surface area contributed by atoms with Crippen LogP contribution in [-0.4, -0.2) is 27.9 Å². The van der Waals surface area contributed by atoms with Gasteiger partial charge in [-0.2, -0.15) is 10.4 Å². The molecular formula is C13H18N4O2. The summed E-state index contributed by atoms with van der Waals surface area (Å²) < 4.78 is 7.16. The van der Waals surface area contributed by atoms with Gasteiger partial charge in [0, 0.05) is 7.05 Å². The predicted octanol–water partition coefficient (Wildman–Crippen LogP) is 1.29. The summed E-state index contributed by atoms with van der Waals surface area (Å²) in [5, 5.41) is 15.7. The van der Waals surface area contributed by atoms with E-state index in [2.05, 4.69) is 10.4 Å². The third-order valence-electron chi connectivity index (χ3n) is 3.85. The Balaban J connectivity index is 2.18. The average Bonchev–Trinajstić information content (AvgIpc) is 2.81. The molecule has 1 aromatic rings. The number of hydrogen-bond donors (Lipinski definition) is 1. The van der Waals surface area contributed by atoms with Crippen molar-refractivity contribution in [2.75, 3.05) is 5.32 Å². The highest BCUT2D eigenvalue weighted by Gasteiger charge is 2.41. The molecule has 0 bridgehead atoms. The number of nitriles is 1. The van der Waals surface area contributed by atoms with E-state index >= 15 is 0 Å². The molecule has 0 radical (unpaired) electrons. The van der Waals surface area contributed by atoms with E-state index in [1.54, 1.807) is 7.05 Å². The zero-order valence-corrected chi connectivity index (χ0v) is 11.5. The van der Waals surface area contributed by atoms with Gasteiger partial charge in [0.1, 0.15) is 17.5 Å². The summed E-state index contributed by atoms with van der Waals surface area (Å²) >= 11 is 0. The van der Waals surface area contributed by atoms with Crippen LogP contribution >= 0.6 is 0 Å². The minimum Gasteiger partial charge on any atom is -0.374 e. The number of anilines is 1. The predicted molar refractivity (Wildman–Crippen MR) is 69.2 cm³/mol. The molecule has 4 unspecified atom stereocenters. The zero-order chi connectivity index (χ0) is 14.2. The Labute approximate surface area is 112 Å². The highest BCUT2D eigenvalue weighted by molar-refractivity contribution is 5.93. The number of nitrogens with zero attached hydrogens (tertiary/aromatic N) is 3. The van der Waals surface area contributed by atoms with Crippen molar-refractivity contribution in [3.05, 3.63) is 11.8 Å². The maximum atomic E-state index is 12.4. The summed E-state index contributed by atoms with van der Waals surface area (Å²) in [6.45, 7) is 5.88. The lowest BCUT2D eigenvalue weighted by Gasteiger charge is -2.18. The van der Waals surface area contributed by atoms with Gasteiger partial charge < -0.3 is 10.1 Å². The Morgan fingerprint density at radius 2 is 2.16 bits per heavy atom. The summed E-state index contributed by atoms with van der Waals surface area (Å²) in [4.78, 5) is 12.4. The van der Waals surface area contributed by atoms with E-state index in [9.17, 15) is 4.79 Å². The first-order valence-corrected chi connectivity index (χ1v) is 6.34. The van der Waals surface area contributed by atoms with Crippen molar-refractivity contribution in [3.63, 3.8) is 0 Å². The molecule has 6 heteroatoms. The Hall–Kier alpha value is -1.87. The molecule has 1 aliphatic rings. The summed E-state index contributed by atoms with van der Waals surface area (Å²) in [6, 6.07) is 2.01. The lowest BCUT2D eigenvalue weighted by atomic mass is 9.89. The van der Waals surface area contributed by atoms with Crippen LogP contribution in [0.5, 0.6) is 0 Å². The van der Waals surface area contributed by atoms with Gasteiger partial charge in [0.05, 0.1) is 24.3 Å². The van der Waals surface area contributed by atoms with Crippen molar-refractivity contribution in [2.24, 2.45) is 18.9 Å². The smallest absolute Gasteiger partial charge is 0.231 e. The van der Waals surface area contributed by atoms with Gasteiger partial charge in [-0.25, -0.2) is 0 Å². The fraction of sp³-hybridized carbons (Fsp3) is 0.615. The Kier molecular flexibility index (Phi) is 3.58. The summed E-state index contributed by atoms with van der Waals surface area (Å²) in [5.74, 6) is 0.251. The van der Waals surface area contributed by atoms with Crippen LogP contribution < -0.4 is 5.32 Å². The minimum atomic E-state index is -0.212. The lowest BCUT2D eigenvalue weighted by molar-refractivity contribution is -0.122. The highest BCUT2D eigenvalue weighted by atomic mass is 16.5. The molecule has 1 fully saturated rings. The summed E-state index contributed by atoms with van der Waals surface area (Å²) in [7, 11) is 1.69. The molecule has 102 valence electrons. The van der Waals surface area contributed by atoms with Crippen LogP contribution in [0.1, 0.15) is 26.3 Å². The molecule has 2 rings (SSSR count). The molecule has 2 heterocycles. The number of carbonyl (C=O) groups is 1. The molecular weight excluding hydrogens is 244 g/mol. The molecule has 1 saturated heterocycles. The van der Waals surface area contributed by atoms with Crippen LogP contribution in [-0.2, 0) is 16.6 Å². The van der Waals surface area contributed by atoms with Gasteiger partial charge in [-0.15, -0.1) is 0 Å². The van der Waals surface area contributed by atoms with E-state index in [4.69, 9.17) is 10.00 Å². The number of amides is 1. The molecule has 1 amide bonds. The van der Waals surface area contributed by atoms with E-state index in [0.29, 0.717) is 11.4 Å². The number of nitrogens with one attached hydrogen (secondary N) is 1. The quantitative estimate of drug-likeness (QED) is 0.871. The Morgan fingerprint density at radius 1 is 1.47 bits per heavy atom. The van der Waals surface area contributed by atoms with Gasteiger partial charge in [-0.3, -0.25) is 9.48 Å². The summed E-state index contributed by atoms with van der Waals surface area (Å²) in [6.07, 6.45) is 1.38. The van der Waals surface area contributed by atoms with Crippen LogP contribution in [0.25, 0.3) is 0 Å². The van der Waals surface area contributed by atoms with E-state index in [1.165, 1.54) is 10.9 Å². The first kappa shape index (κ1) is 13.6. The van der Waals surface area contributed by atoms with Crippen molar-refractivity contribution in [1.29, 1.82) is 5.26 Å². The van der Waals surface area contributed by atoms with Crippen molar-refractivity contribution in [2.45, 2.75) is 33.0 Å². The number of carbonyl (C=O) groups excluding carboxylic acids is 1. The second kappa shape index (κ2) is 5.02. The third kappa shape index (κ3) is 2.34. The van der Waals surface area contributed by atoms with Gasteiger partial charge in [0.25, 0.3) is 0 Å². The number of ether oxygens (including phenoxy) is 1. The average molecular weight is 262 g/mol. The fourth-order valence-electron chi connectivity index (χ4n) is 2.59. The molecule has 6 nitrogen and oxygen atoms in total. The van der Waals surface area contributed by atoms with Gasteiger partial charge in [-0.05, 0) is 19.8 Å². The number of aromatic nitrogens is 2. The van der Waals surface area contributed by atoms with E-state index in [-0.39, 0.29) is 30.0 Å². The molecule has 0 aromatic carbocycles. The fourth-order valence-corrected chi connectivity index (χ4v) is 2.59. The van der Waals surface area contributed by atoms with Crippen molar-refractivity contribution < 1.29 is 9.53 Å². The van der Waals surface area contributed by atoms with Crippen LogP contribution in [0.3, 0.4) is 0 Å². The maximum Gasteiger partial charge on any atom is 0.231 e. The summed E-state index contributed by atoms with van der Waals surface area (Å²) in [5.41, 5.74) is 0.364. The van der Waals surface area contributed by atoms with E-state index in [1.807, 2.05) is 26.8 Å². The second-order valence-electron chi connectivity index (χ2n) is 5.06. The monoisotopic (exact) mass is 262 g/mol. The Bertz CT molecular complexity index is 531. The largest absolute Gasteiger partial charge is 0.374 e. The topological polar surface area (TPSA) is 79.9 Å². The van der Waals surface area contributed by atoms with Crippen molar-refractivity contribution in [3.8, 4) is 6.07 Å². The number of hydrogen-bond acceptors (Lipinski definition) is 4. The van der Waals surface area contributed by atoms with Gasteiger partial charge in [-0.1, -0.05) is 6.92 Å². The maximum absolute atomic E-state index is 12.4. The van der Waals surface area contributed by atoms with Crippen LogP contribution in [0.4, 0.5) is 5.82 Å². The lowest BCUT2D eigenvalue weighted by Crippen LogP contribution is -2.32. The molecule has 19 heavy (non-hydrogen) atoms. The molecule has 0 saturated carbocycles. The molecule has 0 spiro atoms. The molecule has 1 aliphatic heterocycles. The molecule has 0 aliphatic carbocycles. The normalized spacial score (nSPS) is 30.1. The standard InChI is InChI=1S/C13H18N4O2/c1-7-8(2)19-9(3)11(7)13(18)16-12-10(5-14)6-15-17(12)4/h6-9,11H,1-4H3,(H,16,18). The van der Waals surface area contributed by atoms with Crippen LogP contribution in [0.15, 0.2) is 6.20 Å². The number of aryl methyl sites for hydroxylation is 1. The van der Waals surface area contributed by atoms with E-state index < -0.39 is 0 Å². The SMILES string of the molecule is CC1OC(C)C(C(=O)Nc2c(C#N)cnn2C)C1C. The minimum absolute atomic E-state index is 0.0627. The molecule has 1 N–H and O–H groups in total. The van der Waals surface area contributed by atoms with Crippen LogP contribution in [0, 0.1) is 23.2 Å². The third-order valence-corrected chi connectivity index (χ3v) is 3.85. The zero-order valence-electron chi connectivity index (χ0n) is 11.5. The first-order valence-electron chi connectivity index (χ1n) is 6.34. The molecule has 1 aromatic heterocycles. The highest BCUT2D eigenvalue weighted by Crippen LogP contribution is 2.33. The van der Waals surface area contributed by atoms with Gasteiger partial charge >= 0.3 is 0 Å². The van der Waals surface area contributed by atoms with Crippen LogP contribution in [0.2, 0.25) is 0 Å². The second-order valence-corrected chi connectivity index (χ2v) is 5.06. The molecule has 4 atom stereocenters. The van der Waals surface area contributed by atoms with Crippen molar-refractivity contribution >= 4 is 11.7 Å². The van der Waals surface area contributed by atoms with E-state index in [0.717, 1.165) is 0 Å². The first-order chi connectivity index (χ1) is 8.95. The Morgan fingerprint density at radius 3 is 2.68 bits per heavy atom. The van der Waals surface area contributed by atoms with Gasteiger partial charge in [0.2, 0.25) is 5.91 Å². The van der Waals surface area contributed by atoms with Gasteiger partial charge in [0.15, 0.2) is 0 Å². The number of rotatable bonds is 2.